The van der Waals surface area contributed by atoms with Crippen LogP contribution in [0.3, 0.4) is 0 Å². The SMILES string of the molecule is COc1cc([C@@H](O[C@@H]2O[C@H](CO)[C@@H](O)[C@H](O)[C@H]2O)[C@H](CO)Oc2c(OC)cc([C@@H]3OC[C@@H]4[C@H]3CO[C@H]4c3cc(OC)c(O)c(OC)c3)cc2OC)cc(OC)c1O. The van der Waals surface area contributed by atoms with Crippen molar-refractivity contribution in [1.29, 1.82) is 0 Å². The van der Waals surface area contributed by atoms with Crippen LogP contribution in [-0.2, 0) is 18.9 Å². The number of aliphatic hydroxyl groups is 5. The Morgan fingerprint density at radius 3 is 1.47 bits per heavy atom. The third kappa shape index (κ3) is 8.01. The molecule has 18 heteroatoms. The summed E-state index contributed by atoms with van der Waals surface area (Å²) in [4.78, 5) is 0. The molecule has 0 amide bonds. The molecule has 3 aromatic carbocycles. The monoisotopic (exact) mass is 806 g/mol. The Balaban J connectivity index is 1.33. The Morgan fingerprint density at radius 1 is 0.614 bits per heavy atom. The summed E-state index contributed by atoms with van der Waals surface area (Å²) < 4.78 is 64.0. The Bertz CT molecular complexity index is 1760. The average molecular weight is 807 g/mol. The molecule has 3 saturated heterocycles. The van der Waals surface area contributed by atoms with E-state index in [0.717, 1.165) is 5.56 Å². The van der Waals surface area contributed by atoms with E-state index in [-0.39, 0.29) is 75.2 Å². The molecule has 57 heavy (non-hydrogen) atoms. The Morgan fingerprint density at radius 2 is 1.05 bits per heavy atom. The summed E-state index contributed by atoms with van der Waals surface area (Å²) in [5, 5.41) is 73.6. The molecule has 0 saturated carbocycles. The Kier molecular flexibility index (Phi) is 13.3. The molecule has 3 aliphatic heterocycles. The van der Waals surface area contributed by atoms with Gasteiger partial charge in [-0.05, 0) is 53.1 Å². The second kappa shape index (κ2) is 18.0. The summed E-state index contributed by atoms with van der Waals surface area (Å²) in [5.74, 6) is 0.303. The van der Waals surface area contributed by atoms with Gasteiger partial charge in [-0.2, -0.15) is 0 Å². The smallest absolute Gasteiger partial charge is 0.204 e. The second-order valence-electron chi connectivity index (χ2n) is 13.7. The molecule has 3 heterocycles. The average Bonchev–Trinajstić information content (AvgIpc) is 3.85. The number of phenols is 2. The van der Waals surface area contributed by atoms with Crippen LogP contribution in [0.5, 0.6) is 51.7 Å². The van der Waals surface area contributed by atoms with Crippen LogP contribution >= 0.6 is 0 Å². The van der Waals surface area contributed by atoms with Crippen molar-refractivity contribution in [2.75, 3.05) is 69.1 Å². The van der Waals surface area contributed by atoms with Gasteiger partial charge in [0.1, 0.15) is 30.5 Å². The largest absolute Gasteiger partial charge is 0.502 e. The number of aliphatic hydroxyl groups excluding tert-OH is 5. The van der Waals surface area contributed by atoms with E-state index in [2.05, 4.69) is 0 Å². The standard InChI is InChI=1S/C39H50O18/c1-47-22-7-17(8-23(48-2)30(22)42)35-20-15-54-36(21(20)16-53-35)18-11-26(51-5)38(27(12-18)52-6)55-29(14-41)37(19-9-24(49-3)31(43)25(10-19)50-4)57-39-34(46)33(45)32(44)28(13-40)56-39/h7-12,20-21,28-29,32-37,39-46H,13-16H2,1-6H3/t20-,21-,28-,29+,32-,33+,34-,35+,36+,37-,39+/m1/s1. The maximum atomic E-state index is 10.9. The molecule has 3 aliphatic rings. The van der Waals surface area contributed by atoms with Gasteiger partial charge in [0.15, 0.2) is 46.9 Å². The summed E-state index contributed by atoms with van der Waals surface area (Å²) in [7, 11) is 8.40. The first kappa shape index (κ1) is 42.1. The number of ether oxygens (including phenoxy) is 11. The van der Waals surface area contributed by atoms with E-state index in [1.807, 2.05) is 0 Å². The number of phenolic OH excluding ortho intramolecular Hbond substituents is 2. The number of hydrogen-bond acceptors (Lipinski definition) is 18. The van der Waals surface area contributed by atoms with Crippen LogP contribution in [0.15, 0.2) is 36.4 Å². The second-order valence-corrected chi connectivity index (χ2v) is 13.7. The first-order valence-corrected chi connectivity index (χ1v) is 18.1. The molecule has 18 nitrogen and oxygen atoms in total. The summed E-state index contributed by atoms with van der Waals surface area (Å²) in [6, 6.07) is 9.66. The zero-order chi connectivity index (χ0) is 41.1. The van der Waals surface area contributed by atoms with E-state index < -0.39 is 62.2 Å². The molecule has 0 unspecified atom stereocenters. The first-order chi connectivity index (χ1) is 27.5. The van der Waals surface area contributed by atoms with Gasteiger partial charge in [0.25, 0.3) is 0 Å². The summed E-state index contributed by atoms with van der Waals surface area (Å²) >= 11 is 0. The molecule has 314 valence electrons. The molecular formula is C39H50O18. The van der Waals surface area contributed by atoms with Gasteiger partial charge in [0.2, 0.25) is 17.2 Å². The molecule has 7 N–H and O–H groups in total. The lowest BCUT2D eigenvalue weighted by atomic mass is 9.84. The number of rotatable bonds is 16. The van der Waals surface area contributed by atoms with Gasteiger partial charge in [0.05, 0.1) is 81.3 Å². The highest BCUT2D eigenvalue weighted by Crippen LogP contribution is 2.54. The van der Waals surface area contributed by atoms with E-state index in [1.165, 1.54) is 54.8 Å². The molecule has 0 radical (unpaired) electrons. The Labute approximate surface area is 328 Å². The number of benzene rings is 3. The lowest BCUT2D eigenvalue weighted by Gasteiger charge is -2.41. The zero-order valence-corrected chi connectivity index (χ0v) is 32.3. The Hall–Kier alpha value is -4.50. The number of methoxy groups -OCH3 is 6. The third-order valence-corrected chi connectivity index (χ3v) is 10.7. The molecule has 0 aromatic heterocycles. The van der Waals surface area contributed by atoms with Crippen molar-refractivity contribution in [2.24, 2.45) is 11.8 Å². The van der Waals surface area contributed by atoms with Crippen LogP contribution in [0.25, 0.3) is 0 Å². The van der Waals surface area contributed by atoms with Gasteiger partial charge < -0.3 is 87.9 Å². The van der Waals surface area contributed by atoms with Crippen LogP contribution in [0.4, 0.5) is 0 Å². The molecule has 11 atom stereocenters. The van der Waals surface area contributed by atoms with E-state index in [4.69, 9.17) is 52.1 Å². The number of hydrogen-bond donors (Lipinski definition) is 7. The van der Waals surface area contributed by atoms with Crippen molar-refractivity contribution < 1.29 is 87.9 Å². The summed E-state index contributed by atoms with van der Waals surface area (Å²) in [6.07, 6.45) is -11.7. The van der Waals surface area contributed by atoms with Crippen molar-refractivity contribution in [3.05, 3.63) is 53.1 Å². The van der Waals surface area contributed by atoms with Crippen LogP contribution in [-0.4, -0.2) is 142 Å². The molecule has 0 spiro atoms. The molecule has 6 rings (SSSR count). The molecular weight excluding hydrogens is 756 g/mol. The fourth-order valence-electron chi connectivity index (χ4n) is 7.62. The minimum atomic E-state index is -1.80. The summed E-state index contributed by atoms with van der Waals surface area (Å²) in [5.41, 5.74) is 1.66. The maximum Gasteiger partial charge on any atom is 0.204 e. The first-order valence-electron chi connectivity index (χ1n) is 18.1. The van der Waals surface area contributed by atoms with Crippen molar-refractivity contribution >= 4 is 0 Å². The van der Waals surface area contributed by atoms with Crippen LogP contribution in [0.1, 0.15) is 35.0 Å². The highest BCUT2D eigenvalue weighted by atomic mass is 16.7. The van der Waals surface area contributed by atoms with E-state index in [0.29, 0.717) is 18.8 Å². The van der Waals surface area contributed by atoms with Gasteiger partial charge in [-0.25, -0.2) is 0 Å². The predicted molar refractivity (Wildman–Crippen MR) is 195 cm³/mol. The van der Waals surface area contributed by atoms with Crippen molar-refractivity contribution in [2.45, 2.75) is 55.1 Å². The zero-order valence-electron chi connectivity index (χ0n) is 32.3. The van der Waals surface area contributed by atoms with Crippen LogP contribution in [0, 0.1) is 11.8 Å². The molecule has 3 aromatic rings. The highest BCUT2D eigenvalue weighted by Gasteiger charge is 2.49. The van der Waals surface area contributed by atoms with Gasteiger partial charge in [-0.3, -0.25) is 0 Å². The molecule has 3 fully saturated rings. The van der Waals surface area contributed by atoms with Gasteiger partial charge in [-0.1, -0.05) is 0 Å². The van der Waals surface area contributed by atoms with Crippen LogP contribution < -0.4 is 33.2 Å². The van der Waals surface area contributed by atoms with Gasteiger partial charge >= 0.3 is 0 Å². The van der Waals surface area contributed by atoms with Crippen LogP contribution in [0.2, 0.25) is 0 Å². The molecule has 0 bridgehead atoms. The number of aromatic hydroxyl groups is 2. The third-order valence-electron chi connectivity index (χ3n) is 10.7. The fourth-order valence-corrected chi connectivity index (χ4v) is 7.62. The predicted octanol–water partition coefficient (Wildman–Crippen LogP) is 1.52. The topological polar surface area (TPSA) is 243 Å². The van der Waals surface area contributed by atoms with E-state index in [1.54, 1.807) is 24.3 Å². The van der Waals surface area contributed by atoms with Crippen molar-refractivity contribution in [3.8, 4) is 51.7 Å². The van der Waals surface area contributed by atoms with E-state index in [9.17, 15) is 35.7 Å². The van der Waals surface area contributed by atoms with E-state index >= 15 is 0 Å². The fraction of sp³-hybridized carbons (Fsp3) is 0.538. The normalized spacial score (nSPS) is 27.9. The minimum absolute atomic E-state index is 0.0281. The maximum absolute atomic E-state index is 10.9. The minimum Gasteiger partial charge on any atom is -0.502 e. The van der Waals surface area contributed by atoms with Crippen molar-refractivity contribution in [1.82, 2.24) is 0 Å². The van der Waals surface area contributed by atoms with Gasteiger partial charge in [0, 0.05) is 11.8 Å². The highest BCUT2D eigenvalue weighted by molar-refractivity contribution is 5.56. The summed E-state index contributed by atoms with van der Waals surface area (Å²) in [6.45, 7) is -0.714. The number of fused-ring (bicyclic) bond motifs is 1. The lowest BCUT2D eigenvalue weighted by Crippen LogP contribution is -2.59. The lowest BCUT2D eigenvalue weighted by molar-refractivity contribution is -0.318. The molecule has 0 aliphatic carbocycles. The quantitative estimate of drug-likeness (QED) is 0.109. The van der Waals surface area contributed by atoms with Crippen molar-refractivity contribution in [3.63, 3.8) is 0 Å². The van der Waals surface area contributed by atoms with Gasteiger partial charge in [-0.15, -0.1) is 0 Å².